The van der Waals surface area contributed by atoms with Gasteiger partial charge in [-0.1, -0.05) is 29.8 Å². The fourth-order valence-corrected chi connectivity index (χ4v) is 3.09. The summed E-state index contributed by atoms with van der Waals surface area (Å²) < 4.78 is 50.9. The van der Waals surface area contributed by atoms with E-state index in [1.165, 1.54) is 36.2 Å². The van der Waals surface area contributed by atoms with E-state index in [9.17, 15) is 18.0 Å². The number of aromatic nitrogens is 2. The summed E-state index contributed by atoms with van der Waals surface area (Å²) in [4.78, 5) is 12.3. The first kappa shape index (κ1) is 22.4. The predicted molar refractivity (Wildman–Crippen MR) is 110 cm³/mol. The summed E-state index contributed by atoms with van der Waals surface area (Å²) >= 11 is 5.98. The third kappa shape index (κ3) is 5.67. The van der Waals surface area contributed by atoms with Crippen molar-refractivity contribution in [2.45, 2.75) is 12.8 Å². The molecule has 162 valence electrons. The Hall–Kier alpha value is -3.26. The van der Waals surface area contributed by atoms with Crippen molar-refractivity contribution in [2.75, 3.05) is 7.11 Å². The first-order valence-corrected chi connectivity index (χ1v) is 9.43. The van der Waals surface area contributed by atoms with Crippen molar-refractivity contribution in [1.29, 1.82) is 0 Å². The maximum Gasteiger partial charge on any atom is 0.416 e. The molecule has 0 aliphatic carbocycles. The van der Waals surface area contributed by atoms with E-state index in [0.29, 0.717) is 16.9 Å². The van der Waals surface area contributed by atoms with E-state index >= 15 is 0 Å². The standard InChI is InChI=1S/C22H18ClF3N2O3/c1-28-12-18(23)21(27-28)19(29)8-6-14-7-9-20(30-2)15(10-14)13-31-17-5-3-4-16(11-17)22(24,25)26/h3-12H,13H2,1-2H3/b8-6+. The molecule has 31 heavy (non-hydrogen) atoms. The largest absolute Gasteiger partial charge is 0.496 e. The average molecular weight is 451 g/mol. The van der Waals surface area contributed by atoms with Crippen LogP contribution in [0.5, 0.6) is 11.5 Å². The number of hydrogen-bond donors (Lipinski definition) is 0. The number of allylic oxidation sites excluding steroid dienone is 1. The third-order valence-electron chi connectivity index (χ3n) is 4.30. The summed E-state index contributed by atoms with van der Waals surface area (Å²) in [6.45, 7) is -0.0216. The maximum absolute atomic E-state index is 12.9. The van der Waals surface area contributed by atoms with Crippen LogP contribution in [0.15, 0.2) is 54.7 Å². The number of carbonyl (C=O) groups is 1. The van der Waals surface area contributed by atoms with E-state index in [1.807, 2.05) is 0 Å². The Morgan fingerprint density at radius 1 is 1.23 bits per heavy atom. The van der Waals surface area contributed by atoms with E-state index in [4.69, 9.17) is 21.1 Å². The van der Waals surface area contributed by atoms with Crippen LogP contribution in [0.4, 0.5) is 13.2 Å². The van der Waals surface area contributed by atoms with Gasteiger partial charge in [0.1, 0.15) is 18.1 Å². The lowest BCUT2D eigenvalue weighted by atomic mass is 10.1. The Bertz CT molecular complexity index is 1120. The minimum Gasteiger partial charge on any atom is -0.496 e. The Morgan fingerprint density at radius 3 is 2.65 bits per heavy atom. The van der Waals surface area contributed by atoms with Gasteiger partial charge in [0.15, 0.2) is 5.69 Å². The van der Waals surface area contributed by atoms with Crippen LogP contribution in [-0.2, 0) is 19.8 Å². The summed E-state index contributed by atoms with van der Waals surface area (Å²) in [6.07, 6.45) is -0.00191. The van der Waals surface area contributed by atoms with E-state index in [0.717, 1.165) is 12.1 Å². The molecule has 0 radical (unpaired) electrons. The molecule has 0 saturated carbocycles. The monoisotopic (exact) mass is 450 g/mol. The molecule has 0 amide bonds. The van der Waals surface area contributed by atoms with Crippen LogP contribution >= 0.6 is 11.6 Å². The zero-order valence-corrected chi connectivity index (χ0v) is 17.4. The van der Waals surface area contributed by atoms with Gasteiger partial charge in [-0.25, -0.2) is 0 Å². The van der Waals surface area contributed by atoms with Crippen molar-refractivity contribution in [3.05, 3.63) is 82.1 Å². The highest BCUT2D eigenvalue weighted by Crippen LogP contribution is 2.32. The van der Waals surface area contributed by atoms with Gasteiger partial charge in [-0.05, 0) is 42.0 Å². The Morgan fingerprint density at radius 2 is 2.00 bits per heavy atom. The number of aryl methyl sites for hydroxylation is 1. The van der Waals surface area contributed by atoms with E-state index in [1.54, 1.807) is 31.3 Å². The van der Waals surface area contributed by atoms with E-state index in [-0.39, 0.29) is 28.9 Å². The lowest BCUT2D eigenvalue weighted by molar-refractivity contribution is -0.137. The third-order valence-corrected chi connectivity index (χ3v) is 4.58. The van der Waals surface area contributed by atoms with Crippen molar-refractivity contribution < 1.29 is 27.4 Å². The minimum atomic E-state index is -4.45. The SMILES string of the molecule is COc1ccc(/C=C/C(=O)c2nn(C)cc2Cl)cc1COc1cccc(C(F)(F)F)c1. The molecule has 0 atom stereocenters. The highest BCUT2D eigenvalue weighted by Gasteiger charge is 2.30. The number of rotatable bonds is 7. The molecule has 2 aromatic carbocycles. The maximum atomic E-state index is 12.9. The summed E-state index contributed by atoms with van der Waals surface area (Å²) in [6, 6.07) is 9.77. The van der Waals surface area contributed by atoms with E-state index in [2.05, 4.69) is 5.10 Å². The van der Waals surface area contributed by atoms with Gasteiger partial charge < -0.3 is 9.47 Å². The highest BCUT2D eigenvalue weighted by atomic mass is 35.5. The second-order valence-corrected chi connectivity index (χ2v) is 6.99. The Labute approximate surface area is 181 Å². The van der Waals surface area contributed by atoms with Gasteiger partial charge in [0.25, 0.3) is 0 Å². The lowest BCUT2D eigenvalue weighted by Crippen LogP contribution is -2.05. The van der Waals surface area contributed by atoms with Gasteiger partial charge in [0.05, 0.1) is 17.7 Å². The number of alkyl halides is 3. The van der Waals surface area contributed by atoms with Crippen molar-refractivity contribution >= 4 is 23.5 Å². The Kier molecular flexibility index (Phi) is 6.70. The zero-order chi connectivity index (χ0) is 22.6. The molecule has 3 rings (SSSR count). The summed E-state index contributed by atoms with van der Waals surface area (Å²) in [5.74, 6) is 0.226. The van der Waals surface area contributed by atoms with Crippen LogP contribution in [0.25, 0.3) is 6.08 Å². The fourth-order valence-electron chi connectivity index (χ4n) is 2.82. The summed E-state index contributed by atoms with van der Waals surface area (Å²) in [7, 11) is 3.14. The number of ketones is 1. The average Bonchev–Trinajstić information content (AvgIpc) is 3.08. The number of nitrogens with zero attached hydrogens (tertiary/aromatic N) is 2. The summed E-state index contributed by atoms with van der Waals surface area (Å²) in [5, 5.41) is 4.27. The molecule has 5 nitrogen and oxygen atoms in total. The molecule has 0 saturated heterocycles. The van der Waals surface area contributed by atoms with Gasteiger partial charge in [0.2, 0.25) is 5.78 Å². The highest BCUT2D eigenvalue weighted by molar-refractivity contribution is 6.34. The second kappa shape index (κ2) is 9.26. The quantitative estimate of drug-likeness (QED) is 0.348. The molecule has 0 aliphatic heterocycles. The van der Waals surface area contributed by atoms with Gasteiger partial charge in [0, 0.05) is 18.8 Å². The first-order chi connectivity index (χ1) is 14.7. The molecular formula is C22H18ClF3N2O3. The molecule has 9 heteroatoms. The lowest BCUT2D eigenvalue weighted by Gasteiger charge is -2.13. The van der Waals surface area contributed by atoms with Crippen LogP contribution < -0.4 is 9.47 Å². The van der Waals surface area contributed by atoms with Crippen molar-refractivity contribution in [1.82, 2.24) is 9.78 Å². The molecule has 0 unspecified atom stereocenters. The molecule has 1 heterocycles. The fraction of sp³-hybridized carbons (Fsp3) is 0.182. The summed E-state index contributed by atoms with van der Waals surface area (Å²) in [5.41, 5.74) is 0.622. The molecule has 1 aromatic heterocycles. The minimum absolute atomic E-state index is 0.0216. The Balaban J connectivity index is 1.76. The normalized spacial score (nSPS) is 11.7. The number of methoxy groups -OCH3 is 1. The number of ether oxygens (including phenoxy) is 2. The first-order valence-electron chi connectivity index (χ1n) is 9.06. The van der Waals surface area contributed by atoms with Crippen LogP contribution in [0.2, 0.25) is 5.02 Å². The molecule has 0 spiro atoms. The number of halogens is 4. The predicted octanol–water partition coefficient (Wildman–Crippen LogP) is 5.58. The second-order valence-electron chi connectivity index (χ2n) is 6.58. The van der Waals surface area contributed by atoms with Crippen LogP contribution in [0.1, 0.15) is 27.2 Å². The number of hydrogen-bond acceptors (Lipinski definition) is 4. The van der Waals surface area contributed by atoms with Gasteiger partial charge in [-0.2, -0.15) is 18.3 Å². The molecule has 0 N–H and O–H groups in total. The number of benzene rings is 2. The van der Waals surface area contributed by atoms with Crippen molar-refractivity contribution in [2.24, 2.45) is 7.05 Å². The molecule has 0 aliphatic rings. The number of carbonyl (C=O) groups excluding carboxylic acids is 1. The molecule has 3 aromatic rings. The van der Waals surface area contributed by atoms with Crippen molar-refractivity contribution in [3.63, 3.8) is 0 Å². The van der Waals surface area contributed by atoms with Crippen LogP contribution in [0.3, 0.4) is 0 Å². The van der Waals surface area contributed by atoms with Gasteiger partial charge in [-0.15, -0.1) is 0 Å². The zero-order valence-electron chi connectivity index (χ0n) is 16.6. The van der Waals surface area contributed by atoms with Crippen LogP contribution in [-0.4, -0.2) is 22.7 Å². The van der Waals surface area contributed by atoms with E-state index < -0.39 is 11.7 Å². The van der Waals surface area contributed by atoms with Gasteiger partial charge >= 0.3 is 6.18 Å². The molecular weight excluding hydrogens is 433 g/mol. The van der Waals surface area contributed by atoms with Crippen LogP contribution in [0, 0.1) is 0 Å². The van der Waals surface area contributed by atoms with Crippen molar-refractivity contribution in [3.8, 4) is 11.5 Å². The molecule has 0 bridgehead atoms. The molecule has 0 fully saturated rings. The topological polar surface area (TPSA) is 53.3 Å². The van der Waals surface area contributed by atoms with Gasteiger partial charge in [-0.3, -0.25) is 9.48 Å². The smallest absolute Gasteiger partial charge is 0.416 e.